The van der Waals surface area contributed by atoms with E-state index in [-0.39, 0.29) is 17.2 Å². The Morgan fingerprint density at radius 3 is 1.79 bits per heavy atom. The Morgan fingerprint density at radius 1 is 0.786 bits per heavy atom. The predicted molar refractivity (Wildman–Crippen MR) is 114 cm³/mol. The van der Waals surface area contributed by atoms with E-state index in [1.165, 1.54) is 5.01 Å². The van der Waals surface area contributed by atoms with Crippen molar-refractivity contribution in [3.63, 3.8) is 0 Å². The smallest absolute Gasteiger partial charge is 0.267 e. The number of carbonyl (C=O) groups excluding carboxylic acids is 2. The first-order valence-electron chi connectivity index (χ1n) is 9.64. The molecule has 4 nitrogen and oxygen atoms in total. The van der Waals surface area contributed by atoms with Gasteiger partial charge in [-0.15, -0.1) is 0 Å². The van der Waals surface area contributed by atoms with Gasteiger partial charge in [-0.3, -0.25) is 15.0 Å². The molecule has 0 aromatic heterocycles. The SMILES string of the molecule is Cc1ccc(C(=O)N(NC(=O)c2ccc(C(C)(C)C)cc2)C(C)(C)C)cc1C. The van der Waals surface area contributed by atoms with Gasteiger partial charge in [0.05, 0.1) is 5.54 Å². The van der Waals surface area contributed by atoms with Crippen LogP contribution < -0.4 is 5.43 Å². The number of nitrogens with one attached hydrogen (secondary N) is 1. The van der Waals surface area contributed by atoms with Crippen molar-refractivity contribution < 1.29 is 9.59 Å². The number of benzene rings is 2. The molecule has 2 amide bonds. The molecule has 0 unspecified atom stereocenters. The topological polar surface area (TPSA) is 49.4 Å². The van der Waals surface area contributed by atoms with Crippen LogP contribution in [0.25, 0.3) is 0 Å². The van der Waals surface area contributed by atoms with Gasteiger partial charge >= 0.3 is 0 Å². The predicted octanol–water partition coefficient (Wildman–Crippen LogP) is 5.19. The number of hydrazine groups is 1. The van der Waals surface area contributed by atoms with Crippen LogP contribution in [0.2, 0.25) is 0 Å². The number of nitrogens with zero attached hydrogens (tertiary/aromatic N) is 1. The molecule has 0 saturated heterocycles. The van der Waals surface area contributed by atoms with Crippen molar-refractivity contribution in [2.24, 2.45) is 0 Å². The molecule has 0 aliphatic heterocycles. The number of rotatable bonds is 2. The molecule has 0 heterocycles. The molecule has 0 spiro atoms. The summed E-state index contributed by atoms with van der Waals surface area (Å²) in [5.41, 5.74) is 6.66. The van der Waals surface area contributed by atoms with Gasteiger partial charge in [0.25, 0.3) is 11.8 Å². The minimum Gasteiger partial charge on any atom is -0.267 e. The lowest BCUT2D eigenvalue weighted by Crippen LogP contribution is -2.55. The monoisotopic (exact) mass is 380 g/mol. The van der Waals surface area contributed by atoms with E-state index in [0.717, 1.165) is 16.7 Å². The Hall–Kier alpha value is -2.62. The largest absolute Gasteiger partial charge is 0.272 e. The van der Waals surface area contributed by atoms with Gasteiger partial charge in [-0.05, 0) is 81.0 Å². The second-order valence-corrected chi connectivity index (χ2v) is 9.38. The highest BCUT2D eigenvalue weighted by molar-refractivity contribution is 5.99. The molecular weight excluding hydrogens is 348 g/mol. The first-order valence-corrected chi connectivity index (χ1v) is 9.64. The Morgan fingerprint density at radius 2 is 1.32 bits per heavy atom. The van der Waals surface area contributed by atoms with Gasteiger partial charge in [-0.1, -0.05) is 39.0 Å². The second kappa shape index (κ2) is 7.78. The molecule has 0 aliphatic rings. The highest BCUT2D eigenvalue weighted by Gasteiger charge is 2.30. The molecule has 0 bridgehead atoms. The maximum atomic E-state index is 13.1. The molecule has 0 aliphatic carbocycles. The average molecular weight is 381 g/mol. The number of amides is 2. The summed E-state index contributed by atoms with van der Waals surface area (Å²) in [6.45, 7) is 16.1. The minimum atomic E-state index is -0.573. The van der Waals surface area contributed by atoms with Crippen LogP contribution in [0.15, 0.2) is 42.5 Å². The third-order valence-corrected chi connectivity index (χ3v) is 4.85. The Bertz CT molecular complexity index is 869. The number of hydrogen-bond acceptors (Lipinski definition) is 2. The fraction of sp³-hybridized carbons (Fsp3) is 0.417. The third kappa shape index (κ3) is 5.00. The van der Waals surface area contributed by atoms with Crippen molar-refractivity contribution in [3.05, 3.63) is 70.3 Å². The first-order chi connectivity index (χ1) is 12.8. The van der Waals surface area contributed by atoms with Gasteiger partial charge in [0.1, 0.15) is 0 Å². The maximum absolute atomic E-state index is 13.1. The fourth-order valence-corrected chi connectivity index (χ4v) is 2.81. The molecule has 150 valence electrons. The van der Waals surface area contributed by atoms with Crippen LogP contribution in [0, 0.1) is 13.8 Å². The highest BCUT2D eigenvalue weighted by atomic mass is 16.2. The zero-order valence-electron chi connectivity index (χ0n) is 18.3. The summed E-state index contributed by atoms with van der Waals surface area (Å²) in [4.78, 5) is 25.9. The molecule has 1 N–H and O–H groups in total. The van der Waals surface area contributed by atoms with Crippen molar-refractivity contribution in [2.45, 2.75) is 66.3 Å². The van der Waals surface area contributed by atoms with Crippen LogP contribution in [0.4, 0.5) is 0 Å². The number of hydrogen-bond donors (Lipinski definition) is 1. The van der Waals surface area contributed by atoms with Crippen LogP contribution in [0.1, 0.15) is 78.9 Å². The van der Waals surface area contributed by atoms with Crippen LogP contribution in [0.3, 0.4) is 0 Å². The van der Waals surface area contributed by atoms with E-state index in [2.05, 4.69) is 26.2 Å². The van der Waals surface area contributed by atoms with Crippen molar-refractivity contribution in [3.8, 4) is 0 Å². The zero-order chi connectivity index (χ0) is 21.3. The molecule has 0 saturated carbocycles. The van der Waals surface area contributed by atoms with Crippen molar-refractivity contribution in [1.82, 2.24) is 10.4 Å². The summed E-state index contributed by atoms with van der Waals surface area (Å²) < 4.78 is 0. The van der Waals surface area contributed by atoms with E-state index in [1.54, 1.807) is 18.2 Å². The molecule has 0 radical (unpaired) electrons. The molecule has 2 rings (SSSR count). The quantitative estimate of drug-likeness (QED) is 0.729. The van der Waals surface area contributed by atoms with E-state index in [4.69, 9.17) is 0 Å². The first kappa shape index (κ1) is 21.7. The fourth-order valence-electron chi connectivity index (χ4n) is 2.81. The average Bonchev–Trinajstić information content (AvgIpc) is 2.59. The van der Waals surface area contributed by atoms with Gasteiger partial charge in [-0.25, -0.2) is 5.01 Å². The van der Waals surface area contributed by atoms with Gasteiger partial charge in [-0.2, -0.15) is 0 Å². The van der Waals surface area contributed by atoms with Crippen LogP contribution in [0.5, 0.6) is 0 Å². The van der Waals surface area contributed by atoms with E-state index in [1.807, 2.05) is 58.9 Å². The molecule has 4 heteroatoms. The van der Waals surface area contributed by atoms with Gasteiger partial charge in [0, 0.05) is 11.1 Å². The Balaban J connectivity index is 2.28. The van der Waals surface area contributed by atoms with Crippen molar-refractivity contribution in [2.75, 3.05) is 0 Å². The van der Waals surface area contributed by atoms with Gasteiger partial charge in [0.2, 0.25) is 0 Å². The summed E-state index contributed by atoms with van der Waals surface area (Å²) in [6.07, 6.45) is 0. The summed E-state index contributed by atoms with van der Waals surface area (Å²) in [5.74, 6) is -0.525. The minimum absolute atomic E-state index is 0.0196. The van der Waals surface area contributed by atoms with Crippen LogP contribution in [-0.2, 0) is 5.41 Å². The number of aryl methyl sites for hydroxylation is 2. The molecule has 28 heavy (non-hydrogen) atoms. The Labute approximate surface area is 168 Å². The lowest BCUT2D eigenvalue weighted by Gasteiger charge is -2.35. The van der Waals surface area contributed by atoms with Crippen LogP contribution >= 0.6 is 0 Å². The third-order valence-electron chi connectivity index (χ3n) is 4.85. The van der Waals surface area contributed by atoms with Crippen LogP contribution in [-0.4, -0.2) is 22.4 Å². The summed E-state index contributed by atoms with van der Waals surface area (Å²) in [5, 5.41) is 1.41. The lowest BCUT2D eigenvalue weighted by atomic mass is 9.87. The molecule has 0 fully saturated rings. The maximum Gasteiger partial charge on any atom is 0.272 e. The molecular formula is C24H32N2O2. The van der Waals surface area contributed by atoms with Gasteiger partial charge in [0.15, 0.2) is 0 Å². The summed E-state index contributed by atoms with van der Waals surface area (Å²) >= 11 is 0. The molecule has 2 aromatic rings. The lowest BCUT2D eigenvalue weighted by molar-refractivity contribution is 0.0358. The summed E-state index contributed by atoms with van der Waals surface area (Å²) in [7, 11) is 0. The van der Waals surface area contributed by atoms with Crippen molar-refractivity contribution >= 4 is 11.8 Å². The number of carbonyl (C=O) groups is 2. The van der Waals surface area contributed by atoms with E-state index < -0.39 is 5.54 Å². The van der Waals surface area contributed by atoms with E-state index in [0.29, 0.717) is 11.1 Å². The van der Waals surface area contributed by atoms with Gasteiger partial charge < -0.3 is 0 Å². The Kier molecular flexibility index (Phi) is 6.03. The standard InChI is InChI=1S/C24H32N2O2/c1-16-9-10-19(15-17(16)2)22(28)26(24(6,7)8)25-21(27)18-11-13-20(14-12-18)23(3,4)5/h9-15H,1-8H3,(H,25,27). The summed E-state index contributed by atoms with van der Waals surface area (Å²) in [6, 6.07) is 13.1. The van der Waals surface area contributed by atoms with E-state index in [9.17, 15) is 9.59 Å². The zero-order valence-corrected chi connectivity index (χ0v) is 18.3. The second-order valence-electron chi connectivity index (χ2n) is 9.38. The molecule has 2 aromatic carbocycles. The highest BCUT2D eigenvalue weighted by Crippen LogP contribution is 2.23. The normalized spacial score (nSPS) is 11.9. The van der Waals surface area contributed by atoms with E-state index >= 15 is 0 Å². The van der Waals surface area contributed by atoms with Crippen molar-refractivity contribution in [1.29, 1.82) is 0 Å². The molecule has 0 atom stereocenters.